The van der Waals surface area contributed by atoms with Gasteiger partial charge in [-0.1, -0.05) is 0 Å². The van der Waals surface area contributed by atoms with Gasteiger partial charge >= 0.3 is 0 Å². The fourth-order valence-electron chi connectivity index (χ4n) is 3.45. The molecule has 0 spiro atoms. The van der Waals surface area contributed by atoms with Crippen LogP contribution in [0, 0.1) is 0 Å². The highest BCUT2D eigenvalue weighted by Gasteiger charge is 2.30. The number of piperidine rings is 1. The highest BCUT2D eigenvalue weighted by atomic mass is 79.9. The minimum absolute atomic E-state index is 0.0874. The predicted molar refractivity (Wildman–Crippen MR) is 99.4 cm³/mol. The minimum atomic E-state index is -0.0874. The van der Waals surface area contributed by atoms with Crippen molar-refractivity contribution in [2.24, 2.45) is 0 Å². The molecular weight excluding hydrogens is 390 g/mol. The Balaban J connectivity index is 1.52. The Kier molecular flexibility index (Phi) is 5.94. The van der Waals surface area contributed by atoms with Crippen molar-refractivity contribution < 1.29 is 9.59 Å². The number of rotatable bonds is 3. The molecule has 1 aromatic heterocycles. The number of carbonyl (C=O) groups excluding carboxylic acids is 2. The molecule has 1 atom stereocenters. The zero-order valence-corrected chi connectivity index (χ0v) is 16.4. The Hall–Kier alpha value is -0.920. The number of carbonyl (C=O) groups is 2. The van der Waals surface area contributed by atoms with Crippen molar-refractivity contribution in [1.82, 2.24) is 14.7 Å². The summed E-state index contributed by atoms with van der Waals surface area (Å²) in [6, 6.07) is 1.79. The number of thiophene rings is 1. The number of likely N-dealkylation sites (tertiary alicyclic amines) is 1. The van der Waals surface area contributed by atoms with Crippen LogP contribution in [0.3, 0.4) is 0 Å². The number of hydrogen-bond acceptors (Lipinski definition) is 4. The highest BCUT2D eigenvalue weighted by Crippen LogP contribution is 2.22. The van der Waals surface area contributed by atoms with E-state index in [1.807, 2.05) is 28.2 Å². The molecule has 2 aliphatic heterocycles. The summed E-state index contributed by atoms with van der Waals surface area (Å²) in [6.45, 7) is 6.69. The average Bonchev–Trinajstić information content (AvgIpc) is 3.07. The minimum Gasteiger partial charge on any atom is -0.341 e. The van der Waals surface area contributed by atoms with Crippen LogP contribution in [-0.2, 0) is 4.79 Å². The van der Waals surface area contributed by atoms with E-state index in [1.165, 1.54) is 17.8 Å². The molecule has 0 aliphatic carbocycles. The Morgan fingerprint density at radius 1 is 1.04 bits per heavy atom. The van der Waals surface area contributed by atoms with Crippen LogP contribution in [0.4, 0.5) is 0 Å². The van der Waals surface area contributed by atoms with Crippen molar-refractivity contribution >= 4 is 39.1 Å². The molecule has 0 bridgehead atoms. The van der Waals surface area contributed by atoms with Crippen molar-refractivity contribution in [3.63, 3.8) is 0 Å². The van der Waals surface area contributed by atoms with Gasteiger partial charge in [-0.25, -0.2) is 0 Å². The number of hydrogen-bond donors (Lipinski definition) is 0. The fraction of sp³-hybridized carbons (Fsp3) is 0.647. The van der Waals surface area contributed by atoms with E-state index in [1.54, 1.807) is 0 Å². The van der Waals surface area contributed by atoms with Crippen LogP contribution in [0.15, 0.2) is 15.2 Å². The number of amides is 2. The van der Waals surface area contributed by atoms with Gasteiger partial charge in [-0.15, -0.1) is 11.3 Å². The number of halogens is 1. The molecule has 0 radical (unpaired) electrons. The fourth-order valence-corrected chi connectivity index (χ4v) is 4.58. The smallest absolute Gasteiger partial charge is 0.254 e. The summed E-state index contributed by atoms with van der Waals surface area (Å²) in [5, 5.41) is 1.89. The molecule has 0 saturated carbocycles. The van der Waals surface area contributed by atoms with Crippen LogP contribution < -0.4 is 0 Å². The standard InChI is InChI=1S/C17H24BrN3O2S/c1-13(16(22)20-5-3-2-4-6-20)19-7-9-21(10-8-19)17(23)14-11-15(18)24-12-14/h11-13H,2-10H2,1H3. The van der Waals surface area contributed by atoms with Gasteiger partial charge in [0.05, 0.1) is 15.4 Å². The summed E-state index contributed by atoms with van der Waals surface area (Å²) >= 11 is 4.93. The lowest BCUT2D eigenvalue weighted by Gasteiger charge is -2.39. The van der Waals surface area contributed by atoms with Crippen molar-refractivity contribution in [2.45, 2.75) is 32.2 Å². The second-order valence-corrected chi connectivity index (χ2v) is 8.82. The molecule has 1 aromatic rings. The van der Waals surface area contributed by atoms with E-state index < -0.39 is 0 Å². The van der Waals surface area contributed by atoms with Crippen molar-refractivity contribution in [2.75, 3.05) is 39.3 Å². The molecule has 24 heavy (non-hydrogen) atoms. The Bertz CT molecular complexity index is 592. The van der Waals surface area contributed by atoms with Crippen LogP contribution in [0.2, 0.25) is 0 Å². The zero-order chi connectivity index (χ0) is 17.1. The molecular formula is C17H24BrN3O2S. The van der Waals surface area contributed by atoms with E-state index in [0.717, 1.165) is 48.4 Å². The first-order chi connectivity index (χ1) is 11.6. The van der Waals surface area contributed by atoms with E-state index in [4.69, 9.17) is 0 Å². The van der Waals surface area contributed by atoms with Crippen LogP contribution in [0.1, 0.15) is 36.5 Å². The maximum atomic E-state index is 12.6. The first-order valence-corrected chi connectivity index (χ1v) is 10.3. The molecule has 3 rings (SSSR count). The number of piperazine rings is 1. The summed E-state index contributed by atoms with van der Waals surface area (Å²) in [6.07, 6.45) is 3.48. The Labute approximate surface area is 155 Å². The van der Waals surface area contributed by atoms with Gasteiger partial charge in [-0.05, 0) is 48.2 Å². The van der Waals surface area contributed by atoms with Gasteiger partial charge in [-0.3, -0.25) is 14.5 Å². The normalized spacial score (nSPS) is 20.9. The molecule has 0 N–H and O–H groups in total. The second-order valence-electron chi connectivity index (χ2n) is 6.53. The third-order valence-corrected chi connectivity index (χ3v) is 6.49. The lowest BCUT2D eigenvalue weighted by molar-refractivity contribution is -0.137. The zero-order valence-electron chi connectivity index (χ0n) is 14.0. The van der Waals surface area contributed by atoms with E-state index >= 15 is 0 Å². The summed E-state index contributed by atoms with van der Waals surface area (Å²) in [5.74, 6) is 0.336. The lowest BCUT2D eigenvalue weighted by Crippen LogP contribution is -2.56. The molecule has 132 valence electrons. The van der Waals surface area contributed by atoms with Crippen LogP contribution >= 0.6 is 27.3 Å². The van der Waals surface area contributed by atoms with E-state index in [0.29, 0.717) is 13.1 Å². The van der Waals surface area contributed by atoms with Gasteiger partial charge in [0.2, 0.25) is 5.91 Å². The molecule has 3 heterocycles. The molecule has 2 saturated heterocycles. The van der Waals surface area contributed by atoms with Crippen molar-refractivity contribution in [3.8, 4) is 0 Å². The molecule has 0 aromatic carbocycles. The summed E-state index contributed by atoms with van der Waals surface area (Å²) in [7, 11) is 0. The molecule has 7 heteroatoms. The van der Waals surface area contributed by atoms with Gasteiger partial charge in [0, 0.05) is 44.6 Å². The monoisotopic (exact) mass is 413 g/mol. The second kappa shape index (κ2) is 7.97. The quantitative estimate of drug-likeness (QED) is 0.764. The number of nitrogens with zero attached hydrogens (tertiary/aromatic N) is 3. The first-order valence-electron chi connectivity index (χ1n) is 8.62. The van der Waals surface area contributed by atoms with Crippen molar-refractivity contribution in [1.29, 1.82) is 0 Å². The van der Waals surface area contributed by atoms with E-state index in [-0.39, 0.29) is 17.9 Å². The van der Waals surface area contributed by atoms with Gasteiger partial charge < -0.3 is 9.80 Å². The van der Waals surface area contributed by atoms with Gasteiger partial charge in [0.15, 0.2) is 0 Å². The van der Waals surface area contributed by atoms with E-state index in [9.17, 15) is 9.59 Å². The first kappa shape index (κ1) is 17.9. The largest absolute Gasteiger partial charge is 0.341 e. The predicted octanol–water partition coefficient (Wildman–Crippen LogP) is 2.67. The third-order valence-electron chi connectivity index (χ3n) is 4.99. The van der Waals surface area contributed by atoms with Gasteiger partial charge in [0.1, 0.15) is 0 Å². The molecule has 2 fully saturated rings. The topological polar surface area (TPSA) is 43.9 Å². The average molecular weight is 414 g/mol. The summed E-state index contributed by atoms with van der Waals surface area (Å²) in [5.41, 5.74) is 0.748. The third kappa shape index (κ3) is 4.00. The Morgan fingerprint density at radius 2 is 1.71 bits per heavy atom. The molecule has 2 amide bonds. The summed E-state index contributed by atoms with van der Waals surface area (Å²) < 4.78 is 0.977. The van der Waals surface area contributed by atoms with Gasteiger partial charge in [-0.2, -0.15) is 0 Å². The lowest BCUT2D eigenvalue weighted by atomic mass is 10.1. The van der Waals surface area contributed by atoms with Crippen LogP contribution in [-0.4, -0.2) is 71.8 Å². The summed E-state index contributed by atoms with van der Waals surface area (Å²) in [4.78, 5) is 31.2. The molecule has 2 aliphatic rings. The van der Waals surface area contributed by atoms with Crippen LogP contribution in [0.25, 0.3) is 0 Å². The van der Waals surface area contributed by atoms with Gasteiger partial charge in [0.25, 0.3) is 5.91 Å². The SMILES string of the molecule is CC(C(=O)N1CCCCC1)N1CCN(C(=O)c2csc(Br)c2)CC1. The van der Waals surface area contributed by atoms with E-state index in [2.05, 4.69) is 20.8 Å². The van der Waals surface area contributed by atoms with Crippen molar-refractivity contribution in [3.05, 3.63) is 20.8 Å². The maximum Gasteiger partial charge on any atom is 0.254 e. The maximum absolute atomic E-state index is 12.6. The van der Waals surface area contributed by atoms with Crippen LogP contribution in [0.5, 0.6) is 0 Å². The Morgan fingerprint density at radius 3 is 2.29 bits per heavy atom. The molecule has 1 unspecified atom stereocenters. The highest BCUT2D eigenvalue weighted by molar-refractivity contribution is 9.11. The molecule has 5 nitrogen and oxygen atoms in total.